The van der Waals surface area contributed by atoms with E-state index in [2.05, 4.69) is 4.98 Å². The van der Waals surface area contributed by atoms with Gasteiger partial charge in [-0.15, -0.1) is 0 Å². The number of nitrogen functional groups attached to an aromatic ring is 1. The molecule has 3 N–H and O–H groups in total. The minimum absolute atomic E-state index is 0.0557. The zero-order valence-electron chi connectivity index (χ0n) is 10.7. The maximum atomic E-state index is 7.51. The molecule has 0 bridgehead atoms. The van der Waals surface area contributed by atoms with Gasteiger partial charge in [-0.3, -0.25) is 10.4 Å². The normalized spacial score (nSPS) is 10.3. The van der Waals surface area contributed by atoms with Gasteiger partial charge in [-0.1, -0.05) is 11.6 Å². The van der Waals surface area contributed by atoms with Crippen molar-refractivity contribution >= 4 is 17.4 Å². The highest BCUT2D eigenvalue weighted by Gasteiger charge is 2.09. The maximum Gasteiger partial charge on any atom is 0.156 e. The summed E-state index contributed by atoms with van der Waals surface area (Å²) in [4.78, 5) is 3.98. The Balaban J connectivity index is 2.39. The summed E-state index contributed by atoms with van der Waals surface area (Å²) in [6.45, 7) is 3.83. The number of nitrogens with one attached hydrogen (secondary N) is 1. The molecule has 4 nitrogen and oxygen atoms in total. The Hall–Kier alpha value is -2.07. The number of pyridine rings is 1. The van der Waals surface area contributed by atoms with Crippen molar-refractivity contribution in [3.05, 3.63) is 52.3 Å². The van der Waals surface area contributed by atoms with E-state index in [0.717, 1.165) is 16.1 Å². The monoisotopic (exact) mass is 275 g/mol. The Morgan fingerprint density at radius 3 is 2.53 bits per heavy atom. The number of rotatable bonds is 3. The molecule has 1 heterocycles. The average Bonchev–Trinajstić information content (AvgIpc) is 2.36. The lowest BCUT2D eigenvalue weighted by atomic mass is 10.1. The fourth-order valence-electron chi connectivity index (χ4n) is 1.78. The number of amidine groups is 1. The Morgan fingerprint density at radius 1 is 1.32 bits per heavy atom. The highest BCUT2D eigenvalue weighted by Crippen LogP contribution is 2.30. The second-order valence-corrected chi connectivity index (χ2v) is 4.64. The molecule has 1 aromatic heterocycles. The molecule has 0 aliphatic rings. The topological polar surface area (TPSA) is 72.0 Å². The van der Waals surface area contributed by atoms with Crippen molar-refractivity contribution in [2.45, 2.75) is 13.8 Å². The number of hydrogen-bond donors (Lipinski definition) is 2. The van der Waals surface area contributed by atoms with Gasteiger partial charge in [-0.05, 0) is 43.2 Å². The molecule has 19 heavy (non-hydrogen) atoms. The largest absolute Gasteiger partial charge is 0.455 e. The molecule has 0 amide bonds. The number of hydrogen-bond acceptors (Lipinski definition) is 3. The average molecular weight is 276 g/mol. The van der Waals surface area contributed by atoms with Crippen LogP contribution in [0.5, 0.6) is 11.5 Å². The molecule has 5 heteroatoms. The zero-order valence-corrected chi connectivity index (χ0v) is 11.5. The molecule has 2 rings (SSSR count). The molecule has 0 fully saturated rings. The van der Waals surface area contributed by atoms with E-state index in [1.54, 1.807) is 12.3 Å². The second-order valence-electron chi connectivity index (χ2n) is 4.26. The predicted molar refractivity (Wildman–Crippen MR) is 76.3 cm³/mol. The number of halogens is 1. The first-order valence-corrected chi connectivity index (χ1v) is 6.10. The first-order valence-electron chi connectivity index (χ1n) is 5.72. The van der Waals surface area contributed by atoms with Crippen molar-refractivity contribution < 1.29 is 4.74 Å². The summed E-state index contributed by atoms with van der Waals surface area (Å²) in [5.74, 6) is 1.05. The van der Waals surface area contributed by atoms with E-state index >= 15 is 0 Å². The zero-order chi connectivity index (χ0) is 14.0. The van der Waals surface area contributed by atoms with Crippen LogP contribution in [0.15, 0.2) is 30.6 Å². The molecule has 0 spiro atoms. The number of nitrogens with two attached hydrogens (primary N) is 1. The van der Waals surface area contributed by atoms with Crippen molar-refractivity contribution in [2.75, 3.05) is 0 Å². The van der Waals surface area contributed by atoms with Crippen LogP contribution in [-0.2, 0) is 0 Å². The van der Waals surface area contributed by atoms with E-state index in [0.29, 0.717) is 17.1 Å². The van der Waals surface area contributed by atoms with E-state index in [1.165, 1.54) is 6.20 Å². The van der Waals surface area contributed by atoms with Crippen molar-refractivity contribution in [1.82, 2.24) is 4.98 Å². The van der Waals surface area contributed by atoms with Crippen LogP contribution in [0.3, 0.4) is 0 Å². The van der Waals surface area contributed by atoms with Crippen molar-refractivity contribution in [3.8, 4) is 11.5 Å². The van der Waals surface area contributed by atoms with Crippen LogP contribution in [-0.4, -0.2) is 10.8 Å². The van der Waals surface area contributed by atoms with E-state index in [1.807, 2.05) is 26.0 Å². The van der Waals surface area contributed by atoms with E-state index in [4.69, 9.17) is 27.5 Å². The van der Waals surface area contributed by atoms with Gasteiger partial charge < -0.3 is 10.5 Å². The fraction of sp³-hybridized carbons (Fsp3) is 0.143. The van der Waals surface area contributed by atoms with Crippen molar-refractivity contribution in [1.29, 1.82) is 5.41 Å². The molecule has 0 unspecified atom stereocenters. The lowest BCUT2D eigenvalue weighted by Gasteiger charge is -2.11. The van der Waals surface area contributed by atoms with Gasteiger partial charge >= 0.3 is 0 Å². The maximum absolute atomic E-state index is 7.51. The van der Waals surface area contributed by atoms with E-state index in [-0.39, 0.29) is 5.84 Å². The molecule has 0 aliphatic carbocycles. The Bertz CT molecular complexity index is 617. The third-order valence-corrected chi connectivity index (χ3v) is 3.31. The number of aromatic nitrogens is 1. The Morgan fingerprint density at radius 2 is 1.95 bits per heavy atom. The van der Waals surface area contributed by atoms with Gasteiger partial charge in [-0.25, -0.2) is 0 Å². The predicted octanol–water partition coefficient (Wildman–Crippen LogP) is 3.43. The number of nitrogens with zero attached hydrogens (tertiary/aromatic N) is 1. The Kier molecular flexibility index (Phi) is 3.71. The SMILES string of the molecule is Cc1cc(Oc2cnccc2C(=N)N)cc(C)c1Cl. The van der Waals surface area contributed by atoms with Crippen LogP contribution >= 0.6 is 11.6 Å². The molecular weight excluding hydrogens is 262 g/mol. The second kappa shape index (κ2) is 5.28. The van der Waals surface area contributed by atoms with E-state index in [9.17, 15) is 0 Å². The van der Waals surface area contributed by atoms with Gasteiger partial charge in [0.05, 0.1) is 11.8 Å². The third-order valence-electron chi connectivity index (χ3n) is 2.71. The summed E-state index contributed by atoms with van der Waals surface area (Å²) in [7, 11) is 0. The van der Waals surface area contributed by atoms with Crippen molar-refractivity contribution in [3.63, 3.8) is 0 Å². The number of benzene rings is 1. The molecule has 0 saturated carbocycles. The van der Waals surface area contributed by atoms with Crippen LogP contribution in [0, 0.1) is 19.3 Å². The van der Waals surface area contributed by atoms with Crippen LogP contribution in [0.2, 0.25) is 5.02 Å². The molecular formula is C14H14ClN3O. The van der Waals surface area contributed by atoms with Gasteiger partial charge in [0.25, 0.3) is 0 Å². The van der Waals surface area contributed by atoms with Crippen LogP contribution in [0.4, 0.5) is 0 Å². The summed E-state index contributed by atoms with van der Waals surface area (Å²) in [6.07, 6.45) is 3.11. The number of ether oxygens (including phenoxy) is 1. The van der Waals surface area contributed by atoms with Gasteiger partial charge in [0.1, 0.15) is 11.6 Å². The molecule has 98 valence electrons. The minimum Gasteiger partial charge on any atom is -0.455 e. The highest BCUT2D eigenvalue weighted by atomic mass is 35.5. The van der Waals surface area contributed by atoms with Crippen LogP contribution < -0.4 is 10.5 Å². The highest BCUT2D eigenvalue weighted by molar-refractivity contribution is 6.32. The first-order chi connectivity index (χ1) is 8.99. The van der Waals surface area contributed by atoms with Crippen LogP contribution in [0.1, 0.15) is 16.7 Å². The molecule has 0 aliphatic heterocycles. The minimum atomic E-state index is -0.0557. The summed E-state index contributed by atoms with van der Waals surface area (Å²) in [6, 6.07) is 5.33. The standard InChI is InChI=1S/C14H14ClN3O/c1-8-5-10(6-9(2)13(8)15)19-12-7-18-4-3-11(12)14(16)17/h3-7H,1-2H3,(H3,16,17). The van der Waals surface area contributed by atoms with Gasteiger partial charge in [0.15, 0.2) is 5.75 Å². The van der Waals surface area contributed by atoms with Crippen molar-refractivity contribution in [2.24, 2.45) is 5.73 Å². The third kappa shape index (κ3) is 2.85. The molecule has 0 atom stereocenters. The Labute approximate surface area is 116 Å². The molecule has 2 aromatic rings. The number of aryl methyl sites for hydroxylation is 2. The molecule has 1 aromatic carbocycles. The summed E-state index contributed by atoms with van der Waals surface area (Å²) < 4.78 is 5.75. The molecule has 0 saturated heterocycles. The van der Waals surface area contributed by atoms with E-state index < -0.39 is 0 Å². The smallest absolute Gasteiger partial charge is 0.156 e. The van der Waals surface area contributed by atoms with Crippen LogP contribution in [0.25, 0.3) is 0 Å². The lowest BCUT2D eigenvalue weighted by molar-refractivity contribution is 0.478. The van der Waals surface area contributed by atoms with Gasteiger partial charge in [0, 0.05) is 11.2 Å². The summed E-state index contributed by atoms with van der Waals surface area (Å²) >= 11 is 6.11. The first kappa shape index (κ1) is 13.4. The van der Waals surface area contributed by atoms with Gasteiger partial charge in [0.2, 0.25) is 0 Å². The summed E-state index contributed by atoms with van der Waals surface area (Å²) in [5.41, 5.74) is 7.89. The quantitative estimate of drug-likeness (QED) is 0.666. The van der Waals surface area contributed by atoms with Gasteiger partial charge in [-0.2, -0.15) is 0 Å². The lowest BCUT2D eigenvalue weighted by Crippen LogP contribution is -2.12. The molecule has 0 radical (unpaired) electrons. The fourth-order valence-corrected chi connectivity index (χ4v) is 1.88. The summed E-state index contributed by atoms with van der Waals surface area (Å²) in [5, 5.41) is 8.24.